The Balaban J connectivity index is 1.42. The molecular formula is C19H14ClN3O4S. The van der Waals surface area contributed by atoms with Crippen LogP contribution in [0.2, 0.25) is 5.02 Å². The van der Waals surface area contributed by atoms with Crippen molar-refractivity contribution in [3.63, 3.8) is 0 Å². The molecule has 2 aliphatic heterocycles. The highest BCUT2D eigenvalue weighted by molar-refractivity contribution is 8.15. The summed E-state index contributed by atoms with van der Waals surface area (Å²) in [6.07, 6.45) is 0. The summed E-state index contributed by atoms with van der Waals surface area (Å²) in [5.41, 5.74) is 1.29. The van der Waals surface area contributed by atoms with Crippen LogP contribution in [-0.2, 0) is 4.79 Å². The third-order valence-corrected chi connectivity index (χ3v) is 5.69. The van der Waals surface area contributed by atoms with Crippen molar-refractivity contribution in [1.29, 1.82) is 0 Å². The van der Waals surface area contributed by atoms with E-state index in [-0.39, 0.29) is 13.1 Å². The van der Waals surface area contributed by atoms with Crippen LogP contribution >= 0.6 is 23.4 Å². The molecule has 0 spiro atoms. The Bertz CT molecular complexity index is 977. The number of hydrogen-bond donors (Lipinski definition) is 1. The van der Waals surface area contributed by atoms with Crippen LogP contribution in [0.1, 0.15) is 20.7 Å². The summed E-state index contributed by atoms with van der Waals surface area (Å²) < 4.78 is 0. The minimum Gasteiger partial charge on any atom is -0.365 e. The number of nitrogens with one attached hydrogen (secondary N) is 1. The molecule has 2 heterocycles. The molecule has 0 unspecified atom stereocenters. The van der Waals surface area contributed by atoms with E-state index >= 15 is 0 Å². The summed E-state index contributed by atoms with van der Waals surface area (Å²) in [6, 6.07) is 13.4. The van der Waals surface area contributed by atoms with Crippen LogP contribution in [0.5, 0.6) is 0 Å². The van der Waals surface area contributed by atoms with E-state index in [1.807, 2.05) is 0 Å². The minimum atomic E-state index is -0.784. The Morgan fingerprint density at radius 1 is 0.893 bits per heavy atom. The first-order chi connectivity index (χ1) is 13.5. The molecule has 4 rings (SSSR count). The number of fused-ring (bicyclic) bond motifs is 1. The first kappa shape index (κ1) is 18.5. The molecule has 142 valence electrons. The van der Waals surface area contributed by atoms with Gasteiger partial charge in [-0.25, -0.2) is 0 Å². The number of amides is 4. The van der Waals surface area contributed by atoms with Gasteiger partial charge in [-0.2, -0.15) is 0 Å². The Labute approximate surface area is 169 Å². The highest BCUT2D eigenvalue weighted by atomic mass is 35.5. The number of hydrogen-bond acceptors (Lipinski definition) is 6. The Morgan fingerprint density at radius 3 is 2.18 bits per heavy atom. The third-order valence-electron chi connectivity index (χ3n) is 4.48. The highest BCUT2D eigenvalue weighted by Crippen LogP contribution is 2.29. The molecule has 4 amide bonds. The number of halogens is 1. The van der Waals surface area contributed by atoms with Gasteiger partial charge in [0.25, 0.3) is 23.0 Å². The lowest BCUT2D eigenvalue weighted by atomic mass is 10.1. The summed E-state index contributed by atoms with van der Waals surface area (Å²) in [4.78, 5) is 51.8. The van der Waals surface area contributed by atoms with E-state index in [1.54, 1.807) is 48.5 Å². The zero-order valence-electron chi connectivity index (χ0n) is 14.4. The fourth-order valence-corrected chi connectivity index (χ4v) is 4.23. The Hall–Kier alpha value is -2.84. The Kier molecular flexibility index (Phi) is 4.82. The van der Waals surface area contributed by atoms with Crippen LogP contribution < -0.4 is 5.32 Å². The molecule has 0 aliphatic carbocycles. The van der Waals surface area contributed by atoms with Gasteiger partial charge in [0.2, 0.25) is 0 Å². The fourth-order valence-electron chi connectivity index (χ4n) is 3.11. The molecule has 1 fully saturated rings. The molecule has 1 atom stereocenters. The highest BCUT2D eigenvalue weighted by Gasteiger charge is 2.41. The molecule has 0 radical (unpaired) electrons. The normalized spacial score (nSPS) is 18.8. The van der Waals surface area contributed by atoms with Gasteiger partial charge in [-0.15, -0.1) is 0 Å². The maximum absolute atomic E-state index is 12.6. The Morgan fingerprint density at radius 2 is 1.54 bits per heavy atom. The van der Waals surface area contributed by atoms with Gasteiger partial charge in [-0.05, 0) is 42.1 Å². The van der Waals surface area contributed by atoms with E-state index in [0.717, 1.165) is 21.6 Å². The third kappa shape index (κ3) is 3.25. The first-order valence-electron chi connectivity index (χ1n) is 8.45. The van der Waals surface area contributed by atoms with E-state index < -0.39 is 28.3 Å². The molecule has 2 aromatic carbocycles. The second kappa shape index (κ2) is 7.29. The predicted molar refractivity (Wildman–Crippen MR) is 105 cm³/mol. The molecule has 0 bridgehead atoms. The van der Waals surface area contributed by atoms with E-state index in [1.165, 1.54) is 0 Å². The van der Waals surface area contributed by atoms with Gasteiger partial charge in [-0.3, -0.25) is 29.0 Å². The van der Waals surface area contributed by atoms with Crippen LogP contribution in [0.25, 0.3) is 0 Å². The van der Waals surface area contributed by atoms with Crippen LogP contribution in [-0.4, -0.2) is 51.2 Å². The van der Waals surface area contributed by atoms with Crippen LogP contribution in [0.4, 0.5) is 10.5 Å². The van der Waals surface area contributed by atoms with Crippen molar-refractivity contribution in [3.8, 4) is 0 Å². The predicted octanol–water partition coefficient (Wildman–Crippen LogP) is 3.07. The lowest BCUT2D eigenvalue weighted by Crippen LogP contribution is -2.41. The van der Waals surface area contributed by atoms with Crippen LogP contribution in [0.15, 0.2) is 48.5 Å². The van der Waals surface area contributed by atoms with Crippen molar-refractivity contribution in [2.45, 2.75) is 5.37 Å². The van der Waals surface area contributed by atoms with Crippen LogP contribution in [0.3, 0.4) is 0 Å². The topological polar surface area (TPSA) is 86.8 Å². The summed E-state index contributed by atoms with van der Waals surface area (Å²) in [5, 5.41) is 2.27. The van der Waals surface area contributed by atoms with Crippen molar-refractivity contribution in [1.82, 2.24) is 9.80 Å². The minimum absolute atomic E-state index is 0.0473. The van der Waals surface area contributed by atoms with E-state index in [2.05, 4.69) is 5.32 Å². The standard InChI is InChI=1S/C19H14ClN3O4S/c20-11-4-3-5-12(10-11)21-15-18(26)23(19(27)28-15)9-8-22-16(24)13-6-1-2-7-14(13)17(22)25/h1-7,10,15,21H,8-9H2/t15-/m0/s1. The molecule has 9 heteroatoms. The largest absolute Gasteiger partial charge is 0.365 e. The van der Waals surface area contributed by atoms with Gasteiger partial charge in [0.15, 0.2) is 5.37 Å². The number of thioether (sulfide) groups is 1. The lowest BCUT2D eigenvalue weighted by molar-refractivity contribution is -0.126. The number of anilines is 1. The number of carbonyl (C=O) groups is 4. The average molecular weight is 416 g/mol. The van der Waals surface area contributed by atoms with Crippen molar-refractivity contribution in [2.75, 3.05) is 18.4 Å². The lowest BCUT2D eigenvalue weighted by Gasteiger charge is -2.19. The van der Waals surface area contributed by atoms with Gasteiger partial charge in [0.05, 0.1) is 11.1 Å². The summed E-state index contributed by atoms with van der Waals surface area (Å²) >= 11 is 6.78. The molecule has 1 N–H and O–H groups in total. The molecule has 2 aliphatic rings. The first-order valence-corrected chi connectivity index (χ1v) is 9.71. The number of benzene rings is 2. The maximum atomic E-state index is 12.6. The number of imide groups is 2. The maximum Gasteiger partial charge on any atom is 0.290 e. The van der Waals surface area contributed by atoms with Crippen LogP contribution in [0, 0.1) is 0 Å². The molecule has 1 saturated heterocycles. The molecule has 7 nitrogen and oxygen atoms in total. The molecule has 28 heavy (non-hydrogen) atoms. The van der Waals surface area contributed by atoms with Gasteiger partial charge >= 0.3 is 0 Å². The van der Waals surface area contributed by atoms with Gasteiger partial charge in [-0.1, -0.05) is 29.8 Å². The summed E-state index contributed by atoms with van der Waals surface area (Å²) in [5.74, 6) is -1.26. The second-order valence-electron chi connectivity index (χ2n) is 6.22. The summed E-state index contributed by atoms with van der Waals surface area (Å²) in [7, 11) is 0. The van der Waals surface area contributed by atoms with E-state index in [9.17, 15) is 19.2 Å². The van der Waals surface area contributed by atoms with E-state index in [0.29, 0.717) is 21.8 Å². The molecule has 0 saturated carbocycles. The number of rotatable bonds is 5. The molecular weight excluding hydrogens is 402 g/mol. The van der Waals surface area contributed by atoms with Gasteiger partial charge in [0, 0.05) is 23.8 Å². The fraction of sp³-hybridized carbons (Fsp3) is 0.158. The molecule has 2 aromatic rings. The smallest absolute Gasteiger partial charge is 0.290 e. The monoisotopic (exact) mass is 415 g/mol. The van der Waals surface area contributed by atoms with Gasteiger partial charge in [0.1, 0.15) is 0 Å². The summed E-state index contributed by atoms with van der Waals surface area (Å²) in [6.45, 7) is -0.0991. The van der Waals surface area contributed by atoms with Crippen molar-refractivity contribution < 1.29 is 19.2 Å². The quantitative estimate of drug-likeness (QED) is 0.755. The number of nitrogens with zero attached hydrogens (tertiary/aromatic N) is 2. The number of carbonyl (C=O) groups excluding carboxylic acids is 4. The van der Waals surface area contributed by atoms with Crippen molar-refractivity contribution in [3.05, 3.63) is 64.7 Å². The van der Waals surface area contributed by atoms with E-state index in [4.69, 9.17) is 11.6 Å². The zero-order chi connectivity index (χ0) is 19.8. The molecule has 0 aromatic heterocycles. The van der Waals surface area contributed by atoms with Gasteiger partial charge < -0.3 is 5.32 Å². The average Bonchev–Trinajstić information content (AvgIpc) is 3.08. The zero-order valence-corrected chi connectivity index (χ0v) is 16.0. The van der Waals surface area contributed by atoms with Crippen molar-refractivity contribution >= 4 is 52.0 Å². The van der Waals surface area contributed by atoms with Crippen molar-refractivity contribution in [2.24, 2.45) is 0 Å². The SMILES string of the molecule is O=C1S[C@H](Nc2cccc(Cl)c2)C(=O)N1CCN1C(=O)c2ccccc2C1=O. The second-order valence-corrected chi connectivity index (χ2v) is 7.71.